The second kappa shape index (κ2) is 4.60. The molecule has 0 aromatic heterocycles. The second-order valence-corrected chi connectivity index (χ2v) is 2.27. The first-order valence-corrected chi connectivity index (χ1v) is 3.70. The van der Waals surface area contributed by atoms with E-state index in [-0.39, 0.29) is 6.61 Å². The molecule has 0 atom stereocenters. The molecule has 0 rings (SSSR count). The molecule has 0 saturated heterocycles. The van der Waals surface area contributed by atoms with Crippen LogP contribution in [0.3, 0.4) is 0 Å². The molecular formula is C2H4KO. The van der Waals surface area contributed by atoms with Crippen LogP contribution in [0, 0.1) is 0 Å². The van der Waals surface area contributed by atoms with Crippen molar-refractivity contribution < 1.29 is 5.11 Å². The van der Waals surface area contributed by atoms with Gasteiger partial charge in [0.05, 0.1) is 0 Å². The number of hydrogen-bond acceptors (Lipinski definition) is 0. The maximum atomic E-state index is 9.35. The summed E-state index contributed by atoms with van der Waals surface area (Å²) < 4.78 is 0.951. The van der Waals surface area contributed by atoms with Gasteiger partial charge in [0, 0.05) is 0 Å². The van der Waals surface area contributed by atoms with Gasteiger partial charge in [-0.05, 0) is 0 Å². The van der Waals surface area contributed by atoms with Crippen molar-refractivity contribution >= 4 is 49.0 Å². The van der Waals surface area contributed by atoms with E-state index in [9.17, 15) is 5.11 Å². The zero-order valence-electron chi connectivity index (χ0n) is 2.82. The summed E-state index contributed by atoms with van der Waals surface area (Å²) in [5.74, 6) is 0. The van der Waals surface area contributed by atoms with E-state index in [2.05, 4.69) is 0 Å². The average molecular weight is 83.2 g/mol. The third-order valence-electron chi connectivity index (χ3n) is 0.204. The van der Waals surface area contributed by atoms with Crippen molar-refractivity contribution in [2.75, 3.05) is 6.61 Å². The molecule has 19 valence electrons. The molecule has 0 aromatic rings. The Hall–Kier alpha value is 1.60. The third kappa shape index (κ3) is 3.60. The summed E-state index contributed by atoms with van der Waals surface area (Å²) in [5.41, 5.74) is 0. The van der Waals surface area contributed by atoms with Crippen LogP contribution in [0.2, 0.25) is 0.515 Å². The normalized spacial score (nSPS) is 7.75. The van der Waals surface area contributed by atoms with Crippen LogP contribution in [-0.2, 0) is 5.11 Å². The molecule has 0 aliphatic carbocycles. The van der Waals surface area contributed by atoms with Gasteiger partial charge in [0.1, 0.15) is 0 Å². The summed E-state index contributed by atoms with van der Waals surface area (Å²) in [6.45, 7) is 0.153. The van der Waals surface area contributed by atoms with E-state index in [4.69, 9.17) is 0 Å². The van der Waals surface area contributed by atoms with Crippen LogP contribution in [-0.4, -0.2) is 55.6 Å². The van der Waals surface area contributed by atoms with Gasteiger partial charge in [-0.25, -0.2) is 0 Å². The number of rotatable bonds is 1. The Balaban J connectivity index is 1.97. The SMILES string of the molecule is [O]C[CH2][K]. The summed E-state index contributed by atoms with van der Waals surface area (Å²) in [5, 5.41) is 9.35. The van der Waals surface area contributed by atoms with E-state index in [0.29, 0.717) is 0 Å². The quantitative estimate of drug-likeness (QED) is 0.398. The van der Waals surface area contributed by atoms with E-state index in [1.54, 1.807) is 0 Å². The molecule has 0 heterocycles. The Morgan fingerprint density at radius 1 is 1.75 bits per heavy atom. The molecule has 0 spiro atoms. The summed E-state index contributed by atoms with van der Waals surface area (Å²) in [6.07, 6.45) is 0. The first-order chi connectivity index (χ1) is 1.91. The van der Waals surface area contributed by atoms with Crippen LogP contribution in [0.5, 0.6) is 0 Å². The molecule has 1 radical (unpaired) electrons. The minimum absolute atomic E-state index is 0.153. The van der Waals surface area contributed by atoms with Crippen LogP contribution in [0.1, 0.15) is 0 Å². The summed E-state index contributed by atoms with van der Waals surface area (Å²) >= 11 is 0.800. The molecule has 0 unspecified atom stereocenters. The molecule has 0 fully saturated rings. The third-order valence-corrected chi connectivity index (χ3v) is 0.842. The van der Waals surface area contributed by atoms with Gasteiger partial charge in [-0.15, -0.1) is 0 Å². The van der Waals surface area contributed by atoms with Gasteiger partial charge in [-0.1, -0.05) is 0 Å². The van der Waals surface area contributed by atoms with Gasteiger partial charge in [-0.3, -0.25) is 0 Å². The van der Waals surface area contributed by atoms with Crippen LogP contribution < -0.4 is 0 Å². The summed E-state index contributed by atoms with van der Waals surface area (Å²) in [6, 6.07) is 0. The Morgan fingerprint density at radius 2 is 2.00 bits per heavy atom. The van der Waals surface area contributed by atoms with Crippen LogP contribution in [0.25, 0.3) is 0 Å². The first kappa shape index (κ1) is 5.60. The van der Waals surface area contributed by atoms with Crippen LogP contribution in [0.15, 0.2) is 0 Å². The van der Waals surface area contributed by atoms with Crippen molar-refractivity contribution in [1.29, 1.82) is 0 Å². The van der Waals surface area contributed by atoms with Gasteiger partial charge < -0.3 is 0 Å². The van der Waals surface area contributed by atoms with Gasteiger partial charge in [0.2, 0.25) is 0 Å². The van der Waals surface area contributed by atoms with E-state index >= 15 is 0 Å². The van der Waals surface area contributed by atoms with Crippen molar-refractivity contribution in [3.63, 3.8) is 0 Å². The van der Waals surface area contributed by atoms with Crippen LogP contribution in [0.4, 0.5) is 0 Å². The Morgan fingerprint density at radius 3 is 2.00 bits per heavy atom. The number of hydrogen-bond donors (Lipinski definition) is 0. The monoisotopic (exact) mass is 83.0 g/mol. The van der Waals surface area contributed by atoms with Gasteiger partial charge in [0.15, 0.2) is 0 Å². The predicted molar refractivity (Wildman–Crippen MR) is 16.1 cm³/mol. The topological polar surface area (TPSA) is 19.9 Å². The van der Waals surface area contributed by atoms with E-state index < -0.39 is 0 Å². The van der Waals surface area contributed by atoms with E-state index in [1.807, 2.05) is 0 Å². The van der Waals surface area contributed by atoms with Crippen molar-refractivity contribution in [2.24, 2.45) is 0 Å². The van der Waals surface area contributed by atoms with Crippen molar-refractivity contribution in [3.8, 4) is 0 Å². The van der Waals surface area contributed by atoms with Crippen molar-refractivity contribution in [2.45, 2.75) is 0.515 Å². The fraction of sp³-hybridized carbons (Fsp3) is 1.00. The molecule has 0 amide bonds. The fourth-order valence-corrected chi connectivity index (χ4v) is 0. The summed E-state index contributed by atoms with van der Waals surface area (Å²) in [7, 11) is 0. The molecule has 0 saturated carbocycles. The summed E-state index contributed by atoms with van der Waals surface area (Å²) in [4.78, 5) is 0. The standard InChI is InChI=1S/C2H4O.K/c1-2-3;/h1-2H2;. The molecule has 4 heavy (non-hydrogen) atoms. The Bertz CT molecular complexity index is 8.00. The van der Waals surface area contributed by atoms with Gasteiger partial charge in [-0.2, -0.15) is 0 Å². The van der Waals surface area contributed by atoms with E-state index in [0.717, 1.165) is 49.5 Å². The van der Waals surface area contributed by atoms with Crippen molar-refractivity contribution in [1.82, 2.24) is 0 Å². The molecule has 0 aliphatic rings. The zero-order chi connectivity index (χ0) is 3.41. The van der Waals surface area contributed by atoms with Gasteiger partial charge >= 0.3 is 61.2 Å². The minimum atomic E-state index is 0.153. The molecular weight excluding hydrogens is 79.1 g/mol. The zero-order valence-corrected chi connectivity index (χ0v) is 5.95. The second-order valence-electron chi connectivity index (χ2n) is 0.704. The van der Waals surface area contributed by atoms with Gasteiger partial charge in [0.25, 0.3) is 0 Å². The molecule has 0 bridgehead atoms. The molecule has 2 heteroatoms. The first-order valence-electron chi connectivity index (χ1n) is 1.50. The molecule has 0 aromatic carbocycles. The Labute approximate surface area is 60.0 Å². The fourth-order valence-electron chi connectivity index (χ4n) is 0. The predicted octanol–water partition coefficient (Wildman–Crippen LogP) is 0.00370. The Kier molecular flexibility index (Phi) is 6.43. The maximum absolute atomic E-state index is 9.35. The molecule has 0 aliphatic heterocycles. The molecule has 0 N–H and O–H groups in total. The molecule has 1 nitrogen and oxygen atoms in total. The van der Waals surface area contributed by atoms with Crippen LogP contribution >= 0.6 is 0 Å². The average Bonchev–Trinajstić information content (AvgIpc) is 1.37. The van der Waals surface area contributed by atoms with E-state index in [1.165, 1.54) is 0 Å². The van der Waals surface area contributed by atoms with Crippen molar-refractivity contribution in [3.05, 3.63) is 0 Å².